The maximum atomic E-state index is 13.5. The second kappa shape index (κ2) is 9.74. The van der Waals surface area contributed by atoms with Crippen molar-refractivity contribution in [1.82, 2.24) is 9.80 Å². The van der Waals surface area contributed by atoms with Gasteiger partial charge < -0.3 is 14.7 Å². The van der Waals surface area contributed by atoms with Crippen LogP contribution in [0, 0.1) is 27.7 Å². The van der Waals surface area contributed by atoms with Crippen molar-refractivity contribution in [3.8, 4) is 0 Å². The van der Waals surface area contributed by atoms with Gasteiger partial charge in [-0.2, -0.15) is 0 Å². The van der Waals surface area contributed by atoms with Crippen molar-refractivity contribution in [2.45, 2.75) is 19.8 Å². The molecule has 2 aliphatic rings. The minimum atomic E-state index is -1.09. The molecule has 34 heavy (non-hydrogen) atoms. The number of carbonyl (C=O) groups excluding carboxylic acids is 2. The average molecular weight is 472 g/mol. The lowest BCUT2D eigenvalue weighted by Gasteiger charge is -2.35. The van der Waals surface area contributed by atoms with E-state index in [0.29, 0.717) is 11.6 Å². The second-order valence-corrected chi connectivity index (χ2v) is 8.84. The van der Waals surface area contributed by atoms with Crippen LogP contribution < -0.4 is 4.90 Å². The van der Waals surface area contributed by atoms with Gasteiger partial charge in [0, 0.05) is 56.5 Å². The molecule has 0 unspecified atom stereocenters. The number of hydrogen-bond donors (Lipinski definition) is 0. The third kappa shape index (κ3) is 4.85. The predicted molar refractivity (Wildman–Crippen MR) is 122 cm³/mol. The lowest BCUT2D eigenvalue weighted by molar-refractivity contribution is -0.384. The van der Waals surface area contributed by atoms with Crippen molar-refractivity contribution in [1.29, 1.82) is 0 Å². The molecule has 8 nitrogen and oxygen atoms in total. The zero-order valence-corrected chi connectivity index (χ0v) is 18.9. The lowest BCUT2D eigenvalue weighted by atomic mass is 9.98. The highest BCUT2D eigenvalue weighted by Gasteiger charge is 2.29. The van der Waals surface area contributed by atoms with E-state index in [1.54, 1.807) is 12.1 Å². The number of nitro benzene ring substituents is 1. The number of nitro groups is 1. The number of anilines is 1. The first kappa shape index (κ1) is 23.6. The summed E-state index contributed by atoms with van der Waals surface area (Å²) in [5.74, 6) is -2.32. The summed E-state index contributed by atoms with van der Waals surface area (Å²) in [5, 5.41) is 11.7. The van der Waals surface area contributed by atoms with Crippen molar-refractivity contribution < 1.29 is 23.3 Å². The zero-order valence-electron chi connectivity index (χ0n) is 18.9. The smallest absolute Gasteiger partial charge is 0.293 e. The van der Waals surface area contributed by atoms with Gasteiger partial charge in [-0.15, -0.1) is 0 Å². The lowest BCUT2D eigenvalue weighted by Crippen LogP contribution is -2.50. The quantitative estimate of drug-likeness (QED) is 0.500. The Hall–Kier alpha value is -3.56. The molecule has 2 fully saturated rings. The van der Waals surface area contributed by atoms with Gasteiger partial charge in [0.2, 0.25) is 0 Å². The fraction of sp³-hybridized carbons (Fsp3) is 0.417. The number of hydrogen-bond acceptors (Lipinski definition) is 5. The van der Waals surface area contributed by atoms with Crippen LogP contribution in [-0.4, -0.2) is 65.8 Å². The average Bonchev–Trinajstić information content (AvgIpc) is 2.85. The van der Waals surface area contributed by atoms with E-state index >= 15 is 0 Å². The summed E-state index contributed by atoms with van der Waals surface area (Å²) in [4.78, 5) is 41.9. The number of benzene rings is 2. The van der Waals surface area contributed by atoms with Gasteiger partial charge in [-0.3, -0.25) is 19.7 Å². The van der Waals surface area contributed by atoms with E-state index in [0.717, 1.165) is 38.1 Å². The number of amides is 2. The molecule has 2 saturated heterocycles. The predicted octanol–water partition coefficient (Wildman–Crippen LogP) is 3.71. The highest BCUT2D eigenvalue weighted by atomic mass is 19.2. The summed E-state index contributed by atoms with van der Waals surface area (Å²) in [6.07, 6.45) is 1.93. The molecule has 0 atom stereocenters. The molecule has 2 aromatic carbocycles. The van der Waals surface area contributed by atoms with Gasteiger partial charge in [0.05, 0.1) is 4.92 Å². The Kier molecular flexibility index (Phi) is 6.76. The Morgan fingerprint density at radius 2 is 1.38 bits per heavy atom. The SMILES string of the molecule is CC1CCN(c2ccc(C(=O)N3CCN(C(=O)c4ccc(F)c(F)c4)CC3)cc2[N+](=O)[O-])CC1. The maximum absolute atomic E-state index is 13.5. The number of halogens is 2. The highest BCUT2D eigenvalue weighted by Crippen LogP contribution is 2.32. The number of nitrogens with zero attached hydrogens (tertiary/aromatic N) is 4. The number of piperidine rings is 1. The highest BCUT2D eigenvalue weighted by molar-refractivity contribution is 5.97. The standard InChI is InChI=1S/C24H26F2N4O4/c1-16-6-8-27(9-7-16)21-5-3-18(15-22(21)30(33)34)24(32)29-12-10-28(11-13-29)23(31)17-2-4-19(25)20(26)14-17/h2-5,14-16H,6-13H2,1H3. The minimum absolute atomic E-state index is 0.0389. The third-order valence-corrected chi connectivity index (χ3v) is 6.56. The van der Waals surface area contributed by atoms with Gasteiger partial charge in [0.1, 0.15) is 5.69 Å². The van der Waals surface area contributed by atoms with Crippen LogP contribution in [0.1, 0.15) is 40.5 Å². The van der Waals surface area contributed by atoms with Gasteiger partial charge in [-0.1, -0.05) is 6.92 Å². The molecule has 0 aliphatic carbocycles. The number of piperazine rings is 1. The van der Waals surface area contributed by atoms with E-state index in [1.165, 1.54) is 21.9 Å². The number of rotatable bonds is 4. The van der Waals surface area contributed by atoms with Crippen molar-refractivity contribution in [3.63, 3.8) is 0 Å². The van der Waals surface area contributed by atoms with Gasteiger partial charge in [0.15, 0.2) is 11.6 Å². The van der Waals surface area contributed by atoms with E-state index in [1.807, 2.05) is 4.90 Å². The van der Waals surface area contributed by atoms with Crippen LogP contribution in [-0.2, 0) is 0 Å². The normalized spacial score (nSPS) is 17.1. The largest absolute Gasteiger partial charge is 0.366 e. The Morgan fingerprint density at radius 1 is 0.853 bits per heavy atom. The molecule has 2 heterocycles. The van der Waals surface area contributed by atoms with E-state index < -0.39 is 22.5 Å². The van der Waals surface area contributed by atoms with Crippen LogP contribution >= 0.6 is 0 Å². The van der Waals surface area contributed by atoms with Crippen molar-refractivity contribution in [3.05, 3.63) is 69.3 Å². The minimum Gasteiger partial charge on any atom is -0.366 e. The van der Waals surface area contributed by atoms with E-state index in [4.69, 9.17) is 0 Å². The fourth-order valence-corrected chi connectivity index (χ4v) is 4.43. The molecule has 2 aliphatic heterocycles. The molecular formula is C24H26F2N4O4. The number of carbonyl (C=O) groups is 2. The van der Waals surface area contributed by atoms with E-state index in [9.17, 15) is 28.5 Å². The molecule has 0 spiro atoms. The Balaban J connectivity index is 1.43. The van der Waals surface area contributed by atoms with Gasteiger partial charge >= 0.3 is 0 Å². The molecule has 180 valence electrons. The van der Waals surface area contributed by atoms with Crippen LogP contribution in [0.4, 0.5) is 20.2 Å². The molecule has 0 aromatic heterocycles. The van der Waals surface area contributed by atoms with Gasteiger partial charge in [-0.25, -0.2) is 8.78 Å². The fourth-order valence-electron chi connectivity index (χ4n) is 4.43. The summed E-state index contributed by atoms with van der Waals surface area (Å²) in [7, 11) is 0. The van der Waals surface area contributed by atoms with E-state index in [-0.39, 0.29) is 48.9 Å². The molecule has 0 N–H and O–H groups in total. The maximum Gasteiger partial charge on any atom is 0.293 e. The molecule has 2 amide bonds. The summed E-state index contributed by atoms with van der Waals surface area (Å²) < 4.78 is 26.6. The van der Waals surface area contributed by atoms with Crippen LogP contribution in [0.2, 0.25) is 0 Å². The Labute approximate surface area is 195 Å². The van der Waals surface area contributed by atoms with Gasteiger partial charge in [0.25, 0.3) is 17.5 Å². The van der Waals surface area contributed by atoms with Gasteiger partial charge in [-0.05, 0) is 49.1 Å². The van der Waals surface area contributed by atoms with Crippen molar-refractivity contribution in [2.24, 2.45) is 5.92 Å². The first-order valence-electron chi connectivity index (χ1n) is 11.3. The molecule has 4 rings (SSSR count). The molecule has 0 bridgehead atoms. The Morgan fingerprint density at radius 3 is 1.91 bits per heavy atom. The topological polar surface area (TPSA) is 87.0 Å². The van der Waals surface area contributed by atoms with Crippen LogP contribution in [0.3, 0.4) is 0 Å². The summed E-state index contributed by atoms with van der Waals surface area (Å²) in [6, 6.07) is 7.57. The van der Waals surface area contributed by atoms with Crippen molar-refractivity contribution >= 4 is 23.2 Å². The van der Waals surface area contributed by atoms with Crippen LogP contribution in [0.15, 0.2) is 36.4 Å². The molecule has 10 heteroatoms. The molecule has 2 aromatic rings. The van der Waals surface area contributed by atoms with Crippen LogP contribution in [0.25, 0.3) is 0 Å². The summed E-state index contributed by atoms with van der Waals surface area (Å²) in [5.41, 5.74) is 0.696. The molecule has 0 saturated carbocycles. The molecular weight excluding hydrogens is 446 g/mol. The van der Waals surface area contributed by atoms with E-state index in [2.05, 4.69) is 6.92 Å². The van der Waals surface area contributed by atoms with Crippen LogP contribution in [0.5, 0.6) is 0 Å². The summed E-state index contributed by atoms with van der Waals surface area (Å²) in [6.45, 7) is 4.54. The third-order valence-electron chi connectivity index (χ3n) is 6.56. The first-order chi connectivity index (χ1) is 16.2. The molecule has 0 radical (unpaired) electrons. The Bertz CT molecular complexity index is 1110. The monoisotopic (exact) mass is 472 g/mol. The summed E-state index contributed by atoms with van der Waals surface area (Å²) >= 11 is 0. The second-order valence-electron chi connectivity index (χ2n) is 8.84. The van der Waals surface area contributed by atoms with Crippen molar-refractivity contribution in [2.75, 3.05) is 44.2 Å². The first-order valence-corrected chi connectivity index (χ1v) is 11.3. The zero-order chi connectivity index (χ0) is 24.4.